The van der Waals surface area contributed by atoms with Crippen molar-refractivity contribution in [2.75, 3.05) is 17.6 Å². The van der Waals surface area contributed by atoms with Crippen molar-refractivity contribution in [1.82, 2.24) is 9.97 Å². The molecule has 3 N–H and O–H groups in total. The van der Waals surface area contributed by atoms with Crippen molar-refractivity contribution >= 4 is 11.6 Å². The van der Waals surface area contributed by atoms with Crippen LogP contribution >= 0.6 is 0 Å². The molecular formula is C15H19FN4. The Labute approximate surface area is 118 Å². The summed E-state index contributed by atoms with van der Waals surface area (Å²) in [5.74, 6) is 1.89. The van der Waals surface area contributed by atoms with Gasteiger partial charge in [0.05, 0.1) is 0 Å². The Kier molecular flexibility index (Phi) is 4.50. The minimum absolute atomic E-state index is 0.212. The van der Waals surface area contributed by atoms with Gasteiger partial charge in [-0.3, -0.25) is 0 Å². The molecule has 1 aromatic heterocycles. The highest BCUT2D eigenvalue weighted by Gasteiger charge is 2.06. The summed E-state index contributed by atoms with van der Waals surface area (Å²) in [6, 6.07) is 8.30. The van der Waals surface area contributed by atoms with Crippen molar-refractivity contribution < 1.29 is 4.39 Å². The van der Waals surface area contributed by atoms with Crippen molar-refractivity contribution in [3.05, 3.63) is 47.5 Å². The van der Waals surface area contributed by atoms with Crippen molar-refractivity contribution in [1.29, 1.82) is 0 Å². The molecule has 20 heavy (non-hydrogen) atoms. The maximum atomic E-state index is 13.1. The number of aromatic nitrogens is 2. The Bertz CT molecular complexity index is 584. The largest absolute Gasteiger partial charge is 0.384 e. The van der Waals surface area contributed by atoms with Crippen molar-refractivity contribution in [2.24, 2.45) is 0 Å². The van der Waals surface area contributed by atoms with Crippen LogP contribution in [0.4, 0.5) is 16.0 Å². The fourth-order valence-corrected chi connectivity index (χ4v) is 1.86. The van der Waals surface area contributed by atoms with Crippen LogP contribution < -0.4 is 11.1 Å². The van der Waals surface area contributed by atoms with Gasteiger partial charge in [-0.15, -0.1) is 0 Å². The average molecular weight is 274 g/mol. The molecule has 0 aliphatic carbocycles. The second-order valence-electron chi connectivity index (χ2n) is 5.00. The maximum Gasteiger partial charge on any atom is 0.135 e. The predicted octanol–water partition coefficient (Wildman–Crippen LogP) is 2.98. The molecule has 2 rings (SSSR count). The predicted molar refractivity (Wildman–Crippen MR) is 79.1 cm³/mol. The highest BCUT2D eigenvalue weighted by atomic mass is 19.1. The van der Waals surface area contributed by atoms with Crippen LogP contribution in [0.5, 0.6) is 0 Å². The number of hydrogen-bond acceptors (Lipinski definition) is 4. The van der Waals surface area contributed by atoms with E-state index >= 15 is 0 Å². The molecule has 0 saturated heterocycles. The second kappa shape index (κ2) is 6.32. The fourth-order valence-electron chi connectivity index (χ4n) is 1.86. The summed E-state index contributed by atoms with van der Waals surface area (Å²) >= 11 is 0. The van der Waals surface area contributed by atoms with Crippen LogP contribution in [0, 0.1) is 5.82 Å². The molecule has 0 aliphatic heterocycles. The second-order valence-corrected chi connectivity index (χ2v) is 5.00. The van der Waals surface area contributed by atoms with E-state index in [0.29, 0.717) is 18.2 Å². The van der Waals surface area contributed by atoms with Crippen molar-refractivity contribution in [3.63, 3.8) is 0 Å². The lowest BCUT2D eigenvalue weighted by Crippen LogP contribution is -2.10. The van der Waals surface area contributed by atoms with Gasteiger partial charge >= 0.3 is 0 Å². The van der Waals surface area contributed by atoms with Gasteiger partial charge < -0.3 is 11.1 Å². The standard InChI is InChI=1S/C15H19FN4/c1-10(2)15-19-13(17)9-14(20-15)18-7-6-11-4-3-5-12(16)8-11/h3-5,8-10H,6-7H2,1-2H3,(H3,17,18,19,20). The van der Waals surface area contributed by atoms with Crippen LogP contribution in [0.25, 0.3) is 0 Å². The molecule has 5 heteroatoms. The highest BCUT2D eigenvalue weighted by Crippen LogP contribution is 2.15. The Morgan fingerprint density at radius 3 is 2.75 bits per heavy atom. The molecule has 0 spiro atoms. The zero-order valence-corrected chi connectivity index (χ0v) is 11.7. The summed E-state index contributed by atoms with van der Waals surface area (Å²) in [5.41, 5.74) is 6.71. The third-order valence-corrected chi connectivity index (χ3v) is 2.89. The molecule has 4 nitrogen and oxygen atoms in total. The van der Waals surface area contributed by atoms with Gasteiger partial charge in [0.1, 0.15) is 23.3 Å². The van der Waals surface area contributed by atoms with Gasteiger partial charge in [-0.05, 0) is 24.1 Å². The van der Waals surface area contributed by atoms with E-state index in [1.165, 1.54) is 12.1 Å². The first-order valence-corrected chi connectivity index (χ1v) is 6.67. The molecule has 0 amide bonds. The van der Waals surface area contributed by atoms with E-state index in [2.05, 4.69) is 15.3 Å². The van der Waals surface area contributed by atoms with Crippen LogP contribution in [0.3, 0.4) is 0 Å². The lowest BCUT2D eigenvalue weighted by atomic mass is 10.1. The van der Waals surface area contributed by atoms with E-state index in [9.17, 15) is 4.39 Å². The zero-order chi connectivity index (χ0) is 14.5. The quantitative estimate of drug-likeness (QED) is 0.879. The van der Waals surface area contributed by atoms with Gasteiger partial charge in [-0.1, -0.05) is 26.0 Å². The van der Waals surface area contributed by atoms with E-state index in [1.807, 2.05) is 19.9 Å². The van der Waals surface area contributed by atoms with E-state index < -0.39 is 0 Å². The molecule has 106 valence electrons. The number of anilines is 2. The maximum absolute atomic E-state index is 13.1. The average Bonchev–Trinajstić information content (AvgIpc) is 2.38. The Balaban J connectivity index is 1.97. The zero-order valence-electron chi connectivity index (χ0n) is 11.7. The monoisotopic (exact) mass is 274 g/mol. The molecule has 1 heterocycles. The SMILES string of the molecule is CC(C)c1nc(N)cc(NCCc2cccc(F)c2)n1. The van der Waals surface area contributed by atoms with Gasteiger partial charge in [0.2, 0.25) is 0 Å². The topological polar surface area (TPSA) is 63.8 Å². The molecular weight excluding hydrogens is 255 g/mol. The number of nitrogen functional groups attached to an aromatic ring is 1. The molecule has 0 bridgehead atoms. The molecule has 0 unspecified atom stereocenters. The molecule has 0 radical (unpaired) electrons. The Morgan fingerprint density at radius 1 is 1.25 bits per heavy atom. The van der Waals surface area contributed by atoms with E-state index in [0.717, 1.165) is 17.8 Å². The number of halogens is 1. The normalized spacial score (nSPS) is 10.8. The molecule has 0 fully saturated rings. The van der Waals surface area contributed by atoms with Crippen LogP contribution in [-0.2, 0) is 6.42 Å². The summed E-state index contributed by atoms with van der Waals surface area (Å²) in [4.78, 5) is 8.59. The first kappa shape index (κ1) is 14.2. The first-order chi connectivity index (χ1) is 9.54. The van der Waals surface area contributed by atoms with Crippen LogP contribution in [0.1, 0.15) is 31.2 Å². The summed E-state index contributed by atoms with van der Waals surface area (Å²) in [6.45, 7) is 4.70. The molecule has 2 aromatic rings. The van der Waals surface area contributed by atoms with Gasteiger partial charge in [-0.2, -0.15) is 0 Å². The number of nitrogens with two attached hydrogens (primary N) is 1. The summed E-state index contributed by atoms with van der Waals surface area (Å²) in [7, 11) is 0. The minimum atomic E-state index is -0.212. The number of nitrogens with zero attached hydrogens (tertiary/aromatic N) is 2. The third kappa shape index (κ3) is 3.91. The van der Waals surface area contributed by atoms with Crippen LogP contribution in [-0.4, -0.2) is 16.5 Å². The number of rotatable bonds is 5. The Morgan fingerprint density at radius 2 is 2.05 bits per heavy atom. The Hall–Kier alpha value is -2.17. The number of benzene rings is 1. The van der Waals surface area contributed by atoms with Crippen LogP contribution in [0.2, 0.25) is 0 Å². The third-order valence-electron chi connectivity index (χ3n) is 2.89. The molecule has 1 aromatic carbocycles. The molecule has 0 saturated carbocycles. The van der Waals surface area contributed by atoms with Crippen LogP contribution in [0.15, 0.2) is 30.3 Å². The highest BCUT2D eigenvalue weighted by molar-refractivity contribution is 5.45. The molecule has 0 atom stereocenters. The molecule has 0 aliphatic rings. The lowest BCUT2D eigenvalue weighted by Gasteiger charge is -2.10. The smallest absolute Gasteiger partial charge is 0.135 e. The summed E-state index contributed by atoms with van der Waals surface area (Å²) in [5, 5.41) is 3.20. The van der Waals surface area contributed by atoms with Gasteiger partial charge in [0, 0.05) is 18.5 Å². The number of nitrogens with one attached hydrogen (secondary N) is 1. The minimum Gasteiger partial charge on any atom is -0.384 e. The van der Waals surface area contributed by atoms with E-state index in [-0.39, 0.29) is 11.7 Å². The van der Waals surface area contributed by atoms with Gasteiger partial charge in [-0.25, -0.2) is 14.4 Å². The van der Waals surface area contributed by atoms with Gasteiger partial charge in [0.15, 0.2) is 0 Å². The lowest BCUT2D eigenvalue weighted by molar-refractivity contribution is 0.625. The summed E-state index contributed by atoms with van der Waals surface area (Å²) in [6.07, 6.45) is 0.721. The van der Waals surface area contributed by atoms with E-state index in [1.54, 1.807) is 12.1 Å². The van der Waals surface area contributed by atoms with Gasteiger partial charge in [0.25, 0.3) is 0 Å². The summed E-state index contributed by atoms with van der Waals surface area (Å²) < 4.78 is 13.1. The van der Waals surface area contributed by atoms with Crippen molar-refractivity contribution in [2.45, 2.75) is 26.2 Å². The fraction of sp³-hybridized carbons (Fsp3) is 0.333. The number of hydrogen-bond donors (Lipinski definition) is 2. The van der Waals surface area contributed by atoms with E-state index in [4.69, 9.17) is 5.73 Å². The van der Waals surface area contributed by atoms with Crippen molar-refractivity contribution in [3.8, 4) is 0 Å². The first-order valence-electron chi connectivity index (χ1n) is 6.67.